The molecule has 28 heavy (non-hydrogen) atoms. The number of carbonyl (C=O) groups excluding carboxylic acids is 1. The Morgan fingerprint density at radius 3 is 2.36 bits per heavy atom. The summed E-state index contributed by atoms with van der Waals surface area (Å²) < 4.78 is 18.2. The van der Waals surface area contributed by atoms with E-state index in [1.54, 1.807) is 25.3 Å². The van der Waals surface area contributed by atoms with E-state index >= 15 is 0 Å². The van der Waals surface area contributed by atoms with Crippen LogP contribution in [0.2, 0.25) is 0 Å². The molecule has 0 atom stereocenters. The second-order valence-electron chi connectivity index (χ2n) is 6.65. The molecule has 1 N–H and O–H groups in total. The molecule has 0 aliphatic carbocycles. The Morgan fingerprint density at radius 2 is 1.71 bits per heavy atom. The van der Waals surface area contributed by atoms with Gasteiger partial charge in [0, 0.05) is 37.4 Å². The maximum Gasteiger partial charge on any atom is 0.272 e. The lowest BCUT2D eigenvalue weighted by molar-refractivity contribution is 0.0741. The molecule has 0 bridgehead atoms. The fourth-order valence-electron chi connectivity index (χ4n) is 3.33. The molecule has 1 saturated heterocycles. The molecule has 0 unspecified atom stereocenters. The number of H-pyrrole nitrogens is 1. The minimum atomic E-state index is -0.246. The van der Waals surface area contributed by atoms with E-state index in [-0.39, 0.29) is 11.7 Å². The van der Waals surface area contributed by atoms with Crippen molar-refractivity contribution in [1.82, 2.24) is 15.1 Å². The Bertz CT molecular complexity index is 945. The highest BCUT2D eigenvalue weighted by Crippen LogP contribution is 2.22. The van der Waals surface area contributed by atoms with Crippen LogP contribution in [0.3, 0.4) is 0 Å². The summed E-state index contributed by atoms with van der Waals surface area (Å²) in [4.78, 5) is 16.8. The molecule has 1 aromatic heterocycles. The summed E-state index contributed by atoms with van der Waals surface area (Å²) in [6, 6.07) is 15.8. The van der Waals surface area contributed by atoms with Gasteiger partial charge in [-0.2, -0.15) is 5.10 Å². The summed E-state index contributed by atoms with van der Waals surface area (Å²) in [5.41, 5.74) is 3.08. The molecule has 0 radical (unpaired) electrons. The quantitative estimate of drug-likeness (QED) is 0.755. The highest BCUT2D eigenvalue weighted by atomic mass is 19.1. The fraction of sp³-hybridized carbons (Fsp3) is 0.238. The van der Waals surface area contributed by atoms with Gasteiger partial charge in [-0.05, 0) is 54.6 Å². The van der Waals surface area contributed by atoms with Gasteiger partial charge in [0.1, 0.15) is 17.3 Å². The van der Waals surface area contributed by atoms with Gasteiger partial charge >= 0.3 is 0 Å². The summed E-state index contributed by atoms with van der Waals surface area (Å²) in [6.45, 7) is 2.62. The van der Waals surface area contributed by atoms with Gasteiger partial charge in [-0.25, -0.2) is 4.39 Å². The van der Waals surface area contributed by atoms with Crippen molar-refractivity contribution in [3.8, 4) is 17.0 Å². The van der Waals surface area contributed by atoms with E-state index in [2.05, 4.69) is 15.1 Å². The molecule has 1 aliphatic rings. The van der Waals surface area contributed by atoms with Gasteiger partial charge in [0.2, 0.25) is 0 Å². The zero-order chi connectivity index (χ0) is 19.5. The smallest absolute Gasteiger partial charge is 0.272 e. The summed E-state index contributed by atoms with van der Waals surface area (Å²) in [5, 5.41) is 7.12. The Kier molecular flexibility index (Phi) is 4.97. The number of hydrogen-bond donors (Lipinski definition) is 1. The van der Waals surface area contributed by atoms with Crippen LogP contribution in [0.5, 0.6) is 5.75 Å². The lowest BCUT2D eigenvalue weighted by Gasteiger charge is -2.35. The molecular weight excluding hydrogens is 359 g/mol. The first-order valence-corrected chi connectivity index (χ1v) is 9.13. The van der Waals surface area contributed by atoms with Crippen molar-refractivity contribution in [1.29, 1.82) is 0 Å². The molecular formula is C21H21FN4O2. The number of amides is 1. The minimum absolute atomic E-state index is 0.0639. The number of piperazine rings is 1. The lowest BCUT2D eigenvalue weighted by atomic mass is 10.1. The van der Waals surface area contributed by atoms with Gasteiger partial charge < -0.3 is 14.5 Å². The van der Waals surface area contributed by atoms with Crippen LogP contribution in [0.15, 0.2) is 54.6 Å². The Morgan fingerprint density at radius 1 is 1.04 bits per heavy atom. The number of anilines is 1. The lowest BCUT2D eigenvalue weighted by Crippen LogP contribution is -2.48. The molecule has 0 spiro atoms. The van der Waals surface area contributed by atoms with Crippen molar-refractivity contribution in [3.63, 3.8) is 0 Å². The summed E-state index contributed by atoms with van der Waals surface area (Å²) >= 11 is 0. The van der Waals surface area contributed by atoms with Gasteiger partial charge in [0.15, 0.2) is 0 Å². The maximum atomic E-state index is 13.1. The second kappa shape index (κ2) is 7.72. The number of nitrogens with zero attached hydrogens (tertiary/aromatic N) is 3. The van der Waals surface area contributed by atoms with Crippen LogP contribution in [0, 0.1) is 5.82 Å². The standard InChI is InChI=1S/C21H21FN4O2/c1-28-18-8-2-15(3-9-18)19-14-20(24-23-19)21(27)26-12-10-25(11-13-26)17-6-4-16(22)5-7-17/h2-9,14H,10-13H2,1H3,(H,23,24). The number of nitrogens with one attached hydrogen (secondary N) is 1. The van der Waals surface area contributed by atoms with Crippen LogP contribution in [0.25, 0.3) is 11.3 Å². The molecule has 1 amide bonds. The molecule has 0 saturated carbocycles. The molecule has 144 valence electrons. The number of aromatic nitrogens is 2. The number of ether oxygens (including phenoxy) is 1. The van der Waals surface area contributed by atoms with Crippen LogP contribution >= 0.6 is 0 Å². The molecule has 4 rings (SSSR count). The third-order valence-corrected chi connectivity index (χ3v) is 4.95. The van der Waals surface area contributed by atoms with Crippen LogP contribution in [0.4, 0.5) is 10.1 Å². The summed E-state index contributed by atoms with van der Waals surface area (Å²) in [5.74, 6) is 0.463. The molecule has 2 aromatic carbocycles. The van der Waals surface area contributed by atoms with E-state index in [1.807, 2.05) is 29.2 Å². The predicted molar refractivity (Wildman–Crippen MR) is 105 cm³/mol. The van der Waals surface area contributed by atoms with Crippen molar-refractivity contribution < 1.29 is 13.9 Å². The van der Waals surface area contributed by atoms with Crippen LogP contribution in [-0.4, -0.2) is 54.3 Å². The maximum absolute atomic E-state index is 13.1. The Labute approximate surface area is 162 Å². The van der Waals surface area contributed by atoms with Crippen molar-refractivity contribution >= 4 is 11.6 Å². The average molecular weight is 380 g/mol. The highest BCUT2D eigenvalue weighted by molar-refractivity contribution is 5.93. The van der Waals surface area contributed by atoms with E-state index in [1.165, 1.54) is 12.1 Å². The average Bonchev–Trinajstić information content (AvgIpc) is 3.24. The topological polar surface area (TPSA) is 61.5 Å². The zero-order valence-corrected chi connectivity index (χ0v) is 15.6. The first-order chi connectivity index (χ1) is 13.6. The molecule has 6 nitrogen and oxygen atoms in total. The van der Waals surface area contributed by atoms with E-state index < -0.39 is 0 Å². The molecule has 1 aliphatic heterocycles. The number of aromatic amines is 1. The first-order valence-electron chi connectivity index (χ1n) is 9.13. The van der Waals surface area contributed by atoms with E-state index in [0.717, 1.165) is 22.7 Å². The number of halogens is 1. The van der Waals surface area contributed by atoms with E-state index in [4.69, 9.17) is 4.74 Å². The van der Waals surface area contributed by atoms with E-state index in [9.17, 15) is 9.18 Å². The highest BCUT2D eigenvalue weighted by Gasteiger charge is 2.24. The van der Waals surface area contributed by atoms with Crippen molar-refractivity contribution in [2.45, 2.75) is 0 Å². The van der Waals surface area contributed by atoms with Crippen molar-refractivity contribution in [2.75, 3.05) is 38.2 Å². The van der Waals surface area contributed by atoms with Gasteiger partial charge in [-0.3, -0.25) is 9.89 Å². The Balaban J connectivity index is 1.40. The van der Waals surface area contributed by atoms with Gasteiger partial charge in [-0.15, -0.1) is 0 Å². The largest absolute Gasteiger partial charge is 0.497 e. The number of benzene rings is 2. The van der Waals surface area contributed by atoms with Crippen LogP contribution < -0.4 is 9.64 Å². The number of carbonyl (C=O) groups is 1. The molecule has 3 aromatic rings. The Hall–Kier alpha value is -3.35. The van der Waals surface area contributed by atoms with Gasteiger partial charge in [-0.1, -0.05) is 0 Å². The monoisotopic (exact) mass is 380 g/mol. The third kappa shape index (κ3) is 3.69. The van der Waals surface area contributed by atoms with E-state index in [0.29, 0.717) is 31.9 Å². The third-order valence-electron chi connectivity index (χ3n) is 4.95. The molecule has 7 heteroatoms. The number of methoxy groups -OCH3 is 1. The van der Waals surface area contributed by atoms with Crippen LogP contribution in [0.1, 0.15) is 10.5 Å². The van der Waals surface area contributed by atoms with Gasteiger partial charge in [0.25, 0.3) is 5.91 Å². The first kappa shape index (κ1) is 18.0. The van der Waals surface area contributed by atoms with Crippen LogP contribution in [-0.2, 0) is 0 Å². The summed E-state index contributed by atoms with van der Waals surface area (Å²) in [7, 11) is 1.62. The van der Waals surface area contributed by atoms with Crippen molar-refractivity contribution in [3.05, 3.63) is 66.1 Å². The SMILES string of the molecule is COc1ccc(-c2cc(C(=O)N3CCN(c4ccc(F)cc4)CC3)[nH]n2)cc1. The molecule has 2 heterocycles. The second-order valence-corrected chi connectivity index (χ2v) is 6.65. The fourth-order valence-corrected chi connectivity index (χ4v) is 3.33. The molecule has 1 fully saturated rings. The summed E-state index contributed by atoms with van der Waals surface area (Å²) in [6.07, 6.45) is 0. The predicted octanol–water partition coefficient (Wildman–Crippen LogP) is 3.19. The number of hydrogen-bond acceptors (Lipinski definition) is 4. The normalized spacial score (nSPS) is 14.2. The number of rotatable bonds is 4. The van der Waals surface area contributed by atoms with Crippen molar-refractivity contribution in [2.24, 2.45) is 0 Å². The minimum Gasteiger partial charge on any atom is -0.497 e. The van der Waals surface area contributed by atoms with Gasteiger partial charge in [0.05, 0.1) is 12.8 Å². The zero-order valence-electron chi connectivity index (χ0n) is 15.6.